The van der Waals surface area contributed by atoms with Crippen LogP contribution in [0.2, 0.25) is 4.87 Å². The van der Waals surface area contributed by atoms with Crippen molar-refractivity contribution < 1.29 is 0 Å². The van der Waals surface area contributed by atoms with Crippen LogP contribution < -0.4 is 0 Å². The fraction of sp³-hybridized carbons (Fsp3) is 1.00. The van der Waals surface area contributed by atoms with Crippen molar-refractivity contribution in [1.29, 1.82) is 0 Å². The second-order valence-electron chi connectivity index (χ2n) is 1.48. The first-order valence-electron chi connectivity index (χ1n) is 2.33. The van der Waals surface area contributed by atoms with Gasteiger partial charge < -0.3 is 0 Å². The molecule has 0 saturated carbocycles. The Morgan fingerprint density at radius 2 is 2.43 bits per heavy atom. The third kappa shape index (κ3) is 2.07. The molecule has 0 aliphatic carbocycles. The van der Waals surface area contributed by atoms with Crippen LogP contribution in [-0.2, 0) is 0 Å². The average molecular weight is 243 g/mol. The molecule has 1 aliphatic heterocycles. The van der Waals surface area contributed by atoms with E-state index < -0.39 is 0 Å². The van der Waals surface area contributed by atoms with Gasteiger partial charge in [-0.1, -0.05) is 0 Å². The Morgan fingerprint density at radius 1 is 1.71 bits per heavy atom. The molecule has 0 unspecified atom stereocenters. The maximum atomic E-state index is 2.40. The molecule has 0 amide bonds. The fourth-order valence-electron chi connectivity index (χ4n) is 0.449. The Bertz CT molecular complexity index is 53.7. The molecule has 1 fully saturated rings. The van der Waals surface area contributed by atoms with Crippen molar-refractivity contribution in [3.8, 4) is 0 Å². The molecule has 7 heavy (non-hydrogen) atoms. The average Bonchev–Trinajstić information content (AvgIpc) is 1.55. The zero-order chi connectivity index (χ0) is 5.11. The second-order valence-corrected chi connectivity index (χ2v) is 9.38. The Kier molecular flexibility index (Phi) is 3.34. The quantitative estimate of drug-likeness (QED) is 0.669. The van der Waals surface area contributed by atoms with E-state index in [4.69, 9.17) is 0 Å². The van der Waals surface area contributed by atoms with Crippen LogP contribution in [0.15, 0.2) is 0 Å². The summed E-state index contributed by atoms with van der Waals surface area (Å²) >= 11 is 2.18. The molecule has 1 heterocycles. The van der Waals surface area contributed by atoms with Crippen LogP contribution in [0, 0.1) is 0 Å². The van der Waals surface area contributed by atoms with Crippen LogP contribution in [0.3, 0.4) is 0 Å². The molecule has 0 aromatic heterocycles. The zero-order valence-corrected chi connectivity index (χ0v) is 8.80. The van der Waals surface area contributed by atoms with Crippen molar-refractivity contribution in [2.45, 2.75) is 10.1 Å². The topological polar surface area (TPSA) is 0 Å². The summed E-state index contributed by atoms with van der Waals surface area (Å²) in [5, 5.41) is 1.08. The van der Waals surface area contributed by atoms with Gasteiger partial charge in [-0.2, -0.15) is 0 Å². The van der Waals surface area contributed by atoms with Crippen molar-refractivity contribution in [3.63, 3.8) is 0 Å². The fourth-order valence-corrected chi connectivity index (χ4v) is 8.68. The predicted octanol–water partition coefficient (Wildman–Crippen LogP) is 1.23. The Labute approximate surface area is 62.1 Å². The Morgan fingerprint density at radius 3 is 2.57 bits per heavy atom. The van der Waals surface area contributed by atoms with E-state index in [0.29, 0.717) is 0 Å². The molecule has 0 nitrogen and oxygen atoms in total. The predicted molar refractivity (Wildman–Crippen MR) is 41.7 cm³/mol. The summed E-state index contributed by atoms with van der Waals surface area (Å²) in [5.74, 6) is 2.89. The molecule has 0 spiro atoms. The van der Waals surface area contributed by atoms with E-state index in [1.54, 1.807) is 0 Å². The third-order valence-corrected chi connectivity index (χ3v) is 8.36. The molecular weight excluding hydrogens is 234 g/mol. The van der Waals surface area contributed by atoms with E-state index in [9.17, 15) is 0 Å². The Hall–Kier alpha value is 1.52. The van der Waals surface area contributed by atoms with Crippen LogP contribution in [0.1, 0.15) is 0 Å². The summed E-state index contributed by atoms with van der Waals surface area (Å²) in [5.41, 5.74) is 0. The first-order valence-corrected chi connectivity index (χ1v) is 10.7. The van der Waals surface area contributed by atoms with Crippen LogP contribution in [-0.4, -0.2) is 37.0 Å². The van der Waals surface area contributed by atoms with Gasteiger partial charge in [0.2, 0.25) is 0 Å². The van der Waals surface area contributed by atoms with E-state index in [1.807, 2.05) is 0 Å². The van der Waals surface area contributed by atoms with Gasteiger partial charge in [-0.25, -0.2) is 0 Å². The van der Waals surface area contributed by atoms with Gasteiger partial charge in [0.15, 0.2) is 0 Å². The van der Waals surface area contributed by atoms with E-state index in [1.165, 1.54) is 11.5 Å². The summed E-state index contributed by atoms with van der Waals surface area (Å²) < 4.78 is 0. The van der Waals surface area contributed by atoms with Gasteiger partial charge in [0.25, 0.3) is 0 Å². The van der Waals surface area contributed by atoms with Crippen LogP contribution in [0.25, 0.3) is 0 Å². The van der Waals surface area contributed by atoms with Crippen LogP contribution in [0.4, 0.5) is 0 Å². The van der Waals surface area contributed by atoms with Crippen molar-refractivity contribution in [2.24, 2.45) is 0 Å². The normalized spacial score (nSPS) is 21.9. The number of rotatable bonds is 2. The van der Waals surface area contributed by atoms with Crippen molar-refractivity contribution in [2.75, 3.05) is 11.5 Å². The van der Waals surface area contributed by atoms with Gasteiger partial charge >= 0.3 is 62.5 Å². The molecule has 42 valence electrons. The standard InChI is InChI=1S/C3H6S2.CH3.Sb.H/c4-3-1-5-2-3;;;/h3-4H,1-2H2;1H3;;/q;;+1;/p-1. The molecule has 1 saturated heterocycles. The summed E-state index contributed by atoms with van der Waals surface area (Å²) in [6.45, 7) is 0. The second kappa shape index (κ2) is 3.53. The van der Waals surface area contributed by atoms with Crippen molar-refractivity contribution in [3.05, 3.63) is 0 Å². The molecule has 0 aromatic rings. The summed E-state index contributed by atoms with van der Waals surface area (Å²) in [4.78, 5) is 2.40. The van der Waals surface area contributed by atoms with Gasteiger partial charge in [-0.05, 0) is 0 Å². The first kappa shape index (κ1) is 6.64. The molecule has 0 radical (unpaired) electrons. The van der Waals surface area contributed by atoms with E-state index in [2.05, 4.69) is 25.5 Å². The zero-order valence-electron chi connectivity index (χ0n) is 4.31. The van der Waals surface area contributed by atoms with Crippen LogP contribution >= 0.6 is 20.6 Å². The van der Waals surface area contributed by atoms with Gasteiger partial charge in [0.05, 0.1) is 0 Å². The van der Waals surface area contributed by atoms with Crippen molar-refractivity contribution in [1.82, 2.24) is 0 Å². The molecule has 0 atom stereocenters. The van der Waals surface area contributed by atoms with Gasteiger partial charge in [-0.3, -0.25) is 0 Å². The minimum absolute atomic E-state index is 0.0891. The monoisotopic (exact) mass is 242 g/mol. The van der Waals surface area contributed by atoms with Crippen molar-refractivity contribution >= 4 is 40.8 Å². The van der Waals surface area contributed by atoms with E-state index in [0.717, 1.165) is 5.25 Å². The van der Waals surface area contributed by atoms with E-state index in [-0.39, 0.29) is 20.2 Å². The number of thioether (sulfide) groups is 1. The van der Waals surface area contributed by atoms with Gasteiger partial charge in [0, 0.05) is 0 Å². The number of hydrogen-bond donors (Lipinski definition) is 0. The molecule has 1 aliphatic rings. The summed E-state index contributed by atoms with van der Waals surface area (Å²) in [7, 11) is 2.27. The molecule has 0 N–H and O–H groups in total. The third-order valence-electron chi connectivity index (χ3n) is 0.892. The summed E-state index contributed by atoms with van der Waals surface area (Å²) in [6, 6.07) is 0. The minimum atomic E-state index is 0.0891. The Balaban J connectivity index is 1.93. The SMILES string of the molecule is [CH3][SbH][S]C1CSC1. The maximum absolute atomic E-state index is 2.40. The van der Waals surface area contributed by atoms with Gasteiger partial charge in [-0.15, -0.1) is 0 Å². The molecule has 0 bridgehead atoms. The number of hydrogen-bond acceptors (Lipinski definition) is 2. The van der Waals surface area contributed by atoms with Gasteiger partial charge in [0.1, 0.15) is 0 Å². The first-order chi connectivity index (χ1) is 3.43. The van der Waals surface area contributed by atoms with E-state index >= 15 is 0 Å². The van der Waals surface area contributed by atoms with Crippen LogP contribution in [0.5, 0.6) is 0 Å². The summed E-state index contributed by atoms with van der Waals surface area (Å²) in [6.07, 6.45) is 0. The molecule has 3 heteroatoms. The molecular formula is C4H9S2Sb. The molecule has 0 aromatic carbocycles. The molecule has 1 rings (SSSR count).